The van der Waals surface area contributed by atoms with Gasteiger partial charge >= 0.3 is 0 Å². The molecule has 2 aromatic carbocycles. The van der Waals surface area contributed by atoms with Gasteiger partial charge in [0.2, 0.25) is 5.95 Å². The van der Waals surface area contributed by atoms with Crippen molar-refractivity contribution in [1.82, 2.24) is 24.9 Å². The summed E-state index contributed by atoms with van der Waals surface area (Å²) in [4.78, 5) is 21.4. The molecule has 0 saturated carbocycles. The van der Waals surface area contributed by atoms with Gasteiger partial charge in [0.1, 0.15) is 15.7 Å². The maximum atomic E-state index is 16.0. The van der Waals surface area contributed by atoms with Crippen molar-refractivity contribution in [3.05, 3.63) is 82.2 Å². The number of benzene rings is 2. The van der Waals surface area contributed by atoms with Gasteiger partial charge in [0.15, 0.2) is 5.82 Å². The van der Waals surface area contributed by atoms with Crippen LogP contribution in [0.25, 0.3) is 32.4 Å². The first kappa shape index (κ1) is 26.9. The van der Waals surface area contributed by atoms with Crippen LogP contribution in [-0.4, -0.2) is 33.3 Å². The van der Waals surface area contributed by atoms with Crippen molar-refractivity contribution in [3.63, 3.8) is 0 Å². The Morgan fingerprint density at radius 3 is 2.46 bits per heavy atom. The van der Waals surface area contributed by atoms with E-state index in [2.05, 4.69) is 29.6 Å². The predicted octanol–water partition coefficient (Wildman–Crippen LogP) is 6.17. The summed E-state index contributed by atoms with van der Waals surface area (Å²) in [7, 11) is -4.35. The first-order valence-electron chi connectivity index (χ1n) is 11.2. The zero-order chi connectivity index (χ0) is 27.9. The van der Waals surface area contributed by atoms with Crippen LogP contribution in [0.1, 0.15) is 11.4 Å². The molecule has 0 amide bonds. The number of aromatic nitrogens is 5. The molecule has 0 aliphatic heterocycles. The summed E-state index contributed by atoms with van der Waals surface area (Å²) in [6, 6.07) is 8.90. The normalized spacial score (nSPS) is 11.5. The maximum Gasteiger partial charge on any atom is 0.264 e. The number of nitrogen functional groups attached to an aromatic ring is 1. The lowest BCUT2D eigenvalue weighted by Crippen LogP contribution is -2.15. The molecule has 0 aliphatic rings. The van der Waals surface area contributed by atoms with Crippen LogP contribution in [0.4, 0.5) is 16.0 Å². The molecule has 0 atom stereocenters. The highest BCUT2D eigenvalue weighted by molar-refractivity contribution is 7.93. The Hall–Kier alpha value is -3.71. The molecule has 198 valence electrons. The number of halogens is 3. The van der Waals surface area contributed by atoms with E-state index in [1.165, 1.54) is 41.8 Å². The van der Waals surface area contributed by atoms with E-state index < -0.39 is 15.8 Å². The van der Waals surface area contributed by atoms with Crippen molar-refractivity contribution in [2.75, 3.05) is 10.5 Å². The maximum absolute atomic E-state index is 16.0. The Labute approximate surface area is 237 Å². The number of hydrogen-bond acceptors (Lipinski definition) is 9. The lowest BCUT2D eigenvalue weighted by molar-refractivity contribution is 0.599. The van der Waals surface area contributed by atoms with Crippen LogP contribution >= 0.6 is 34.5 Å². The fraction of sp³-hybridized carbons (Fsp3) is 0.0800. The molecule has 5 aromatic rings. The summed E-state index contributed by atoms with van der Waals surface area (Å²) in [5.41, 5.74) is 7.26. The molecule has 3 N–H and O–H groups in total. The van der Waals surface area contributed by atoms with E-state index in [0.717, 1.165) is 0 Å². The second-order valence-electron chi connectivity index (χ2n) is 8.30. The van der Waals surface area contributed by atoms with Crippen LogP contribution in [-0.2, 0) is 10.0 Å². The third-order valence-electron chi connectivity index (χ3n) is 5.57. The first-order valence-corrected chi connectivity index (χ1v) is 14.3. The van der Waals surface area contributed by atoms with Gasteiger partial charge in [-0.1, -0.05) is 35.3 Å². The molecule has 0 fully saturated rings. The highest BCUT2D eigenvalue weighted by Crippen LogP contribution is 2.42. The van der Waals surface area contributed by atoms with Crippen LogP contribution < -0.4 is 10.5 Å². The van der Waals surface area contributed by atoms with E-state index in [1.54, 1.807) is 38.4 Å². The van der Waals surface area contributed by atoms with Crippen LogP contribution in [0.3, 0.4) is 0 Å². The number of thiazole rings is 1. The number of hydrogen-bond donors (Lipinski definition) is 2. The largest absolute Gasteiger partial charge is 0.368 e. The second-order valence-corrected chi connectivity index (χ2v) is 11.7. The molecule has 0 saturated heterocycles. The summed E-state index contributed by atoms with van der Waals surface area (Å²) in [5.74, 6) is -0.249. The van der Waals surface area contributed by atoms with E-state index in [4.69, 9.17) is 28.9 Å². The van der Waals surface area contributed by atoms with Crippen molar-refractivity contribution in [2.24, 2.45) is 0 Å². The van der Waals surface area contributed by atoms with Crippen molar-refractivity contribution >= 4 is 56.2 Å². The van der Waals surface area contributed by atoms with Crippen molar-refractivity contribution < 1.29 is 12.8 Å². The lowest BCUT2D eigenvalue weighted by atomic mass is 10.1. The molecule has 0 radical (unpaired) electrons. The molecule has 39 heavy (non-hydrogen) atoms. The van der Waals surface area contributed by atoms with Gasteiger partial charge in [-0.3, -0.25) is 4.72 Å². The van der Waals surface area contributed by atoms with Crippen LogP contribution in [0, 0.1) is 19.7 Å². The van der Waals surface area contributed by atoms with E-state index >= 15 is 4.39 Å². The minimum atomic E-state index is -4.35. The molecular weight excluding hydrogens is 584 g/mol. The Morgan fingerprint density at radius 1 is 1.00 bits per heavy atom. The topological polar surface area (TPSA) is 137 Å². The molecule has 9 nitrogen and oxygen atoms in total. The molecule has 14 heteroatoms. The molecule has 5 rings (SSSR count). The Balaban J connectivity index is 1.64. The van der Waals surface area contributed by atoms with Crippen LogP contribution in [0.15, 0.2) is 59.9 Å². The fourth-order valence-corrected chi connectivity index (χ4v) is 6.94. The number of rotatable bonds is 6. The SMILES string of the molecule is Cc1ncc(-c2nc(-c3cccc(NS(=O)(=O)c4c(Cl)ccc(C)c4Cl)c3F)c(-c3ccnc(N)n3)s2)cn1. The van der Waals surface area contributed by atoms with Gasteiger partial charge in [0, 0.05) is 29.7 Å². The molecule has 3 aromatic heterocycles. The highest BCUT2D eigenvalue weighted by Gasteiger charge is 2.26. The number of nitrogens with one attached hydrogen (secondary N) is 1. The van der Waals surface area contributed by atoms with E-state index in [9.17, 15) is 8.42 Å². The van der Waals surface area contributed by atoms with Crippen molar-refractivity contribution in [2.45, 2.75) is 18.7 Å². The smallest absolute Gasteiger partial charge is 0.264 e. The van der Waals surface area contributed by atoms with Gasteiger partial charge in [-0.05, 0) is 43.7 Å². The molecular formula is C25H18Cl2FN7O2S2. The number of aryl methyl sites for hydroxylation is 2. The molecule has 0 bridgehead atoms. The van der Waals surface area contributed by atoms with Gasteiger partial charge in [-0.2, -0.15) is 0 Å². The van der Waals surface area contributed by atoms with Crippen molar-refractivity contribution in [1.29, 1.82) is 0 Å². The summed E-state index contributed by atoms with van der Waals surface area (Å²) < 4.78 is 44.8. The number of nitrogens with zero attached hydrogens (tertiary/aromatic N) is 5. The summed E-state index contributed by atoms with van der Waals surface area (Å²) >= 11 is 13.6. The molecule has 0 unspecified atom stereocenters. The van der Waals surface area contributed by atoms with Gasteiger partial charge in [-0.15, -0.1) is 11.3 Å². The summed E-state index contributed by atoms with van der Waals surface area (Å²) in [5, 5.41) is 0.350. The van der Waals surface area contributed by atoms with Gasteiger partial charge < -0.3 is 5.73 Å². The molecule has 0 spiro atoms. The first-order chi connectivity index (χ1) is 18.5. The molecule has 0 aliphatic carbocycles. The quantitative estimate of drug-likeness (QED) is 0.236. The van der Waals surface area contributed by atoms with Crippen molar-refractivity contribution in [3.8, 4) is 32.4 Å². The highest BCUT2D eigenvalue weighted by atomic mass is 35.5. The summed E-state index contributed by atoms with van der Waals surface area (Å²) in [6.45, 7) is 3.39. The summed E-state index contributed by atoms with van der Waals surface area (Å²) in [6.07, 6.45) is 4.70. The molecule has 3 heterocycles. The number of anilines is 2. The van der Waals surface area contributed by atoms with Crippen LogP contribution in [0.5, 0.6) is 0 Å². The van der Waals surface area contributed by atoms with Gasteiger partial charge in [0.05, 0.1) is 32.0 Å². The van der Waals surface area contributed by atoms with Crippen LogP contribution in [0.2, 0.25) is 10.0 Å². The Morgan fingerprint density at radius 2 is 1.74 bits per heavy atom. The lowest BCUT2D eigenvalue weighted by Gasteiger charge is -2.14. The minimum absolute atomic E-state index is 0.0272. The minimum Gasteiger partial charge on any atom is -0.368 e. The van der Waals surface area contributed by atoms with Gasteiger partial charge in [-0.25, -0.2) is 37.7 Å². The Bertz CT molecular complexity index is 1830. The zero-order valence-corrected chi connectivity index (χ0v) is 23.4. The van der Waals surface area contributed by atoms with Gasteiger partial charge in [0.25, 0.3) is 10.0 Å². The average molecular weight is 603 g/mol. The number of sulfonamides is 1. The number of nitrogens with two attached hydrogens (primary N) is 1. The zero-order valence-electron chi connectivity index (χ0n) is 20.3. The van der Waals surface area contributed by atoms with E-state index in [-0.39, 0.29) is 37.8 Å². The monoisotopic (exact) mass is 601 g/mol. The Kier molecular flexibility index (Phi) is 7.21. The average Bonchev–Trinajstić information content (AvgIpc) is 3.33. The standard InChI is InChI=1S/C25H18Cl2FN7O2S2/c1-12-6-7-16(26)23(19(12)27)39(36,37)35-17-5-3-4-15(20(17)28)21-22(18-8-9-30-25(29)33-18)38-24(34-21)14-10-31-13(2)32-11-14/h3-11,35H,1-2H3,(H2,29,30,33). The third-order valence-corrected chi connectivity index (χ3v) is 9.17. The third kappa shape index (κ3) is 5.28. The van der Waals surface area contributed by atoms with E-state index in [1.807, 2.05) is 0 Å². The predicted molar refractivity (Wildman–Crippen MR) is 151 cm³/mol. The van der Waals surface area contributed by atoms with E-state index in [0.29, 0.717) is 32.5 Å². The fourth-order valence-electron chi connectivity index (χ4n) is 3.67. The second kappa shape index (κ2) is 10.5.